The third-order valence-electron chi connectivity index (χ3n) is 2.97. The summed E-state index contributed by atoms with van der Waals surface area (Å²) in [7, 11) is 0. The molecular weight excluding hydrogens is 288 g/mol. The van der Waals surface area contributed by atoms with Crippen molar-refractivity contribution < 1.29 is 4.79 Å². The lowest BCUT2D eigenvalue weighted by Gasteiger charge is -2.04. The minimum absolute atomic E-state index is 0.0793. The van der Waals surface area contributed by atoms with Crippen molar-refractivity contribution >= 4 is 33.1 Å². The van der Waals surface area contributed by atoms with Crippen molar-refractivity contribution in [3.8, 4) is 0 Å². The summed E-state index contributed by atoms with van der Waals surface area (Å²) in [6, 6.07) is 7.09. The summed E-state index contributed by atoms with van der Waals surface area (Å²) in [5.41, 5.74) is 1.14. The highest BCUT2D eigenvalue weighted by Gasteiger charge is 2.11. The molecule has 2 heterocycles. The number of aromatic amines is 1. The number of anilines is 1. The van der Waals surface area contributed by atoms with Gasteiger partial charge in [-0.1, -0.05) is 18.2 Å². The van der Waals surface area contributed by atoms with Gasteiger partial charge in [0.25, 0.3) is 5.56 Å². The van der Waals surface area contributed by atoms with Crippen molar-refractivity contribution in [3.05, 3.63) is 51.4 Å². The Morgan fingerprint density at radius 3 is 2.81 bits per heavy atom. The molecule has 3 rings (SSSR count). The van der Waals surface area contributed by atoms with E-state index in [1.54, 1.807) is 18.2 Å². The van der Waals surface area contributed by atoms with E-state index in [-0.39, 0.29) is 17.9 Å². The lowest BCUT2D eigenvalue weighted by Crippen LogP contribution is -2.18. The molecule has 2 N–H and O–H groups in total. The first kappa shape index (κ1) is 13.4. The van der Waals surface area contributed by atoms with Crippen molar-refractivity contribution in [1.82, 2.24) is 15.2 Å². The van der Waals surface area contributed by atoms with E-state index in [0.717, 1.165) is 5.69 Å². The van der Waals surface area contributed by atoms with E-state index in [4.69, 9.17) is 0 Å². The normalized spacial score (nSPS) is 10.7. The molecule has 0 spiro atoms. The van der Waals surface area contributed by atoms with Crippen LogP contribution in [0.3, 0.4) is 0 Å². The van der Waals surface area contributed by atoms with Gasteiger partial charge < -0.3 is 5.32 Å². The summed E-state index contributed by atoms with van der Waals surface area (Å²) in [4.78, 5) is 27.9. The molecule has 1 aromatic carbocycles. The molecule has 0 bridgehead atoms. The first-order valence-electron chi connectivity index (χ1n) is 6.32. The number of aromatic nitrogens is 3. The van der Waals surface area contributed by atoms with Gasteiger partial charge in [-0.2, -0.15) is 5.10 Å². The van der Waals surface area contributed by atoms with Gasteiger partial charge in [-0.3, -0.25) is 9.59 Å². The van der Waals surface area contributed by atoms with Crippen LogP contribution in [0.25, 0.3) is 10.8 Å². The molecule has 7 heteroatoms. The summed E-state index contributed by atoms with van der Waals surface area (Å²) in [5, 5.41) is 12.8. The van der Waals surface area contributed by atoms with Crippen molar-refractivity contribution in [2.75, 3.05) is 5.32 Å². The highest BCUT2D eigenvalue weighted by Crippen LogP contribution is 2.16. The molecule has 0 unspecified atom stereocenters. The number of hydrogen-bond acceptors (Lipinski definition) is 5. The van der Waals surface area contributed by atoms with Crippen LogP contribution in [0.2, 0.25) is 0 Å². The summed E-state index contributed by atoms with van der Waals surface area (Å²) in [6.45, 7) is 1.86. The molecule has 0 saturated carbocycles. The molecule has 2 aromatic heterocycles. The number of hydrogen-bond donors (Lipinski definition) is 2. The van der Waals surface area contributed by atoms with Gasteiger partial charge >= 0.3 is 0 Å². The molecule has 0 aliphatic rings. The average molecular weight is 300 g/mol. The molecular formula is C14H12N4O2S. The van der Waals surface area contributed by atoms with Gasteiger partial charge in [-0.15, -0.1) is 11.3 Å². The maximum Gasteiger partial charge on any atom is 0.272 e. The first-order valence-corrected chi connectivity index (χ1v) is 7.20. The van der Waals surface area contributed by atoms with Crippen LogP contribution in [0, 0.1) is 6.92 Å². The molecule has 1 amide bonds. The van der Waals surface area contributed by atoms with Gasteiger partial charge in [0.1, 0.15) is 0 Å². The number of nitrogens with zero attached hydrogens (tertiary/aromatic N) is 2. The number of amides is 1. The Labute approximate surface area is 123 Å². The van der Waals surface area contributed by atoms with Gasteiger partial charge in [-0.25, -0.2) is 10.1 Å². The summed E-state index contributed by atoms with van der Waals surface area (Å²) in [6.07, 6.45) is 0.0793. The molecule has 21 heavy (non-hydrogen) atoms. The van der Waals surface area contributed by atoms with Crippen LogP contribution in [0.5, 0.6) is 0 Å². The number of fused-ring (bicyclic) bond motifs is 1. The molecule has 0 atom stereocenters. The SMILES string of the molecule is Cc1csc(NC(=O)Cc2n[nH]c(=O)c3ccccc23)n1. The summed E-state index contributed by atoms with van der Waals surface area (Å²) < 4.78 is 0. The zero-order valence-corrected chi connectivity index (χ0v) is 12.0. The third kappa shape index (κ3) is 2.82. The third-order valence-corrected chi connectivity index (χ3v) is 3.84. The molecule has 0 saturated heterocycles. The Morgan fingerprint density at radius 2 is 2.10 bits per heavy atom. The first-order chi connectivity index (χ1) is 10.1. The smallest absolute Gasteiger partial charge is 0.272 e. The fraction of sp³-hybridized carbons (Fsp3) is 0.143. The van der Waals surface area contributed by atoms with Gasteiger partial charge in [0.2, 0.25) is 5.91 Å². The van der Waals surface area contributed by atoms with Crippen LogP contribution < -0.4 is 10.9 Å². The van der Waals surface area contributed by atoms with E-state index in [2.05, 4.69) is 20.5 Å². The Morgan fingerprint density at radius 1 is 1.33 bits per heavy atom. The standard InChI is InChI=1S/C14H12N4O2S/c1-8-7-21-14(15-8)16-12(19)6-11-9-4-2-3-5-10(9)13(20)18-17-11/h2-5,7H,6H2,1H3,(H,18,20)(H,15,16,19). The number of rotatable bonds is 3. The molecule has 106 valence electrons. The van der Waals surface area contributed by atoms with Gasteiger partial charge in [-0.05, 0) is 13.0 Å². The highest BCUT2D eigenvalue weighted by atomic mass is 32.1. The van der Waals surface area contributed by atoms with Crippen LogP contribution in [-0.4, -0.2) is 21.1 Å². The number of aryl methyl sites for hydroxylation is 1. The maximum atomic E-state index is 12.0. The van der Waals surface area contributed by atoms with Crippen LogP contribution in [0.15, 0.2) is 34.4 Å². The fourth-order valence-electron chi connectivity index (χ4n) is 2.03. The predicted octanol–water partition coefficient (Wildman–Crippen LogP) is 1.87. The summed E-state index contributed by atoms with van der Waals surface area (Å²) >= 11 is 1.37. The number of thiazole rings is 1. The van der Waals surface area contributed by atoms with Crippen molar-refractivity contribution in [2.24, 2.45) is 0 Å². The van der Waals surface area contributed by atoms with Crippen LogP contribution in [0.4, 0.5) is 5.13 Å². The second-order valence-electron chi connectivity index (χ2n) is 4.56. The fourth-order valence-corrected chi connectivity index (χ4v) is 2.74. The van der Waals surface area contributed by atoms with Crippen LogP contribution >= 0.6 is 11.3 Å². The molecule has 3 aromatic rings. The van der Waals surface area contributed by atoms with E-state index < -0.39 is 0 Å². The Bertz CT molecular complexity index is 869. The zero-order valence-electron chi connectivity index (χ0n) is 11.2. The minimum atomic E-state index is -0.259. The van der Waals surface area contributed by atoms with E-state index in [1.807, 2.05) is 18.4 Å². The molecule has 0 fully saturated rings. The molecule has 0 aliphatic heterocycles. The van der Waals surface area contributed by atoms with Gasteiger partial charge in [0.05, 0.1) is 23.2 Å². The minimum Gasteiger partial charge on any atom is -0.302 e. The molecule has 0 radical (unpaired) electrons. The van der Waals surface area contributed by atoms with Crippen LogP contribution in [-0.2, 0) is 11.2 Å². The molecule has 6 nitrogen and oxygen atoms in total. The lowest BCUT2D eigenvalue weighted by molar-refractivity contribution is -0.115. The van der Waals surface area contributed by atoms with Crippen molar-refractivity contribution in [2.45, 2.75) is 13.3 Å². The van der Waals surface area contributed by atoms with Crippen LogP contribution in [0.1, 0.15) is 11.4 Å². The Kier molecular flexibility index (Phi) is 3.49. The number of carbonyl (C=O) groups is 1. The largest absolute Gasteiger partial charge is 0.302 e. The monoisotopic (exact) mass is 300 g/mol. The number of carbonyl (C=O) groups excluding carboxylic acids is 1. The van der Waals surface area contributed by atoms with Gasteiger partial charge in [0, 0.05) is 10.8 Å². The van der Waals surface area contributed by atoms with Crippen molar-refractivity contribution in [3.63, 3.8) is 0 Å². The van der Waals surface area contributed by atoms with E-state index in [1.165, 1.54) is 11.3 Å². The topological polar surface area (TPSA) is 87.7 Å². The molecule has 0 aliphatic carbocycles. The van der Waals surface area contributed by atoms with E-state index in [9.17, 15) is 9.59 Å². The maximum absolute atomic E-state index is 12.0. The average Bonchev–Trinajstić information content (AvgIpc) is 2.87. The number of nitrogens with one attached hydrogen (secondary N) is 2. The Hall–Kier alpha value is -2.54. The quantitative estimate of drug-likeness (QED) is 0.773. The second kappa shape index (κ2) is 5.45. The zero-order chi connectivity index (χ0) is 14.8. The Balaban J connectivity index is 1.86. The predicted molar refractivity (Wildman–Crippen MR) is 81.5 cm³/mol. The highest BCUT2D eigenvalue weighted by molar-refractivity contribution is 7.13. The van der Waals surface area contributed by atoms with Crippen molar-refractivity contribution in [1.29, 1.82) is 0 Å². The second-order valence-corrected chi connectivity index (χ2v) is 5.42. The van der Waals surface area contributed by atoms with E-state index in [0.29, 0.717) is 21.6 Å². The number of H-pyrrole nitrogens is 1. The van der Waals surface area contributed by atoms with Gasteiger partial charge in [0.15, 0.2) is 5.13 Å². The lowest BCUT2D eigenvalue weighted by atomic mass is 10.1. The summed E-state index contributed by atoms with van der Waals surface area (Å²) in [5.74, 6) is -0.214. The number of benzene rings is 1. The van der Waals surface area contributed by atoms with E-state index >= 15 is 0 Å².